The van der Waals surface area contributed by atoms with Crippen LogP contribution in [0.5, 0.6) is 11.5 Å². The van der Waals surface area contributed by atoms with Gasteiger partial charge in [0.15, 0.2) is 11.5 Å². The van der Waals surface area contributed by atoms with Crippen molar-refractivity contribution in [3.05, 3.63) is 24.3 Å². The van der Waals surface area contributed by atoms with Gasteiger partial charge in [0.1, 0.15) is 6.61 Å². The molecule has 4 rings (SSSR count). The third-order valence-corrected chi connectivity index (χ3v) is 4.89. The molecule has 3 aliphatic rings. The highest BCUT2D eigenvalue weighted by Gasteiger charge is 2.35. The van der Waals surface area contributed by atoms with E-state index < -0.39 is 6.10 Å². The number of urea groups is 1. The summed E-state index contributed by atoms with van der Waals surface area (Å²) >= 11 is 0. The Balaban J connectivity index is 1.34. The monoisotopic (exact) mass is 331 g/mol. The van der Waals surface area contributed by atoms with E-state index in [2.05, 4.69) is 5.32 Å². The number of likely N-dealkylation sites (tertiary alicyclic amines) is 1. The summed E-state index contributed by atoms with van der Waals surface area (Å²) < 4.78 is 11.4. The maximum absolute atomic E-state index is 12.7. The first-order valence-electron chi connectivity index (χ1n) is 8.44. The van der Waals surface area contributed by atoms with Gasteiger partial charge in [0.2, 0.25) is 6.10 Å². The van der Waals surface area contributed by atoms with Gasteiger partial charge in [-0.15, -0.1) is 0 Å². The van der Waals surface area contributed by atoms with Crippen LogP contribution in [0.3, 0.4) is 0 Å². The Morgan fingerprint density at radius 3 is 2.58 bits per heavy atom. The summed E-state index contributed by atoms with van der Waals surface area (Å²) in [5.41, 5.74) is 0. The van der Waals surface area contributed by atoms with Gasteiger partial charge < -0.3 is 24.6 Å². The molecule has 128 valence electrons. The molecule has 3 heterocycles. The number of carbonyl (C=O) groups excluding carboxylic acids is 2. The highest BCUT2D eigenvalue weighted by atomic mass is 16.6. The molecular weight excluding hydrogens is 310 g/mol. The molecule has 0 radical (unpaired) electrons. The fourth-order valence-corrected chi connectivity index (χ4v) is 3.58. The normalized spacial score (nSPS) is 24.0. The average Bonchev–Trinajstić information content (AvgIpc) is 3.07. The molecule has 24 heavy (non-hydrogen) atoms. The Bertz CT molecular complexity index is 642. The first-order valence-corrected chi connectivity index (χ1v) is 8.44. The number of ether oxygens (including phenoxy) is 2. The zero-order valence-electron chi connectivity index (χ0n) is 13.4. The number of carbonyl (C=O) groups is 2. The summed E-state index contributed by atoms with van der Waals surface area (Å²) in [5.74, 6) is 1.26. The van der Waals surface area contributed by atoms with E-state index >= 15 is 0 Å². The summed E-state index contributed by atoms with van der Waals surface area (Å²) in [4.78, 5) is 28.1. The Kier molecular flexibility index (Phi) is 3.92. The van der Waals surface area contributed by atoms with Crippen LogP contribution in [0.15, 0.2) is 24.3 Å². The fraction of sp³-hybridized carbons (Fsp3) is 0.529. The van der Waals surface area contributed by atoms with Crippen molar-refractivity contribution in [2.75, 3.05) is 32.8 Å². The number of benzene rings is 1. The van der Waals surface area contributed by atoms with Gasteiger partial charge in [-0.3, -0.25) is 4.79 Å². The van der Waals surface area contributed by atoms with Gasteiger partial charge in [-0.1, -0.05) is 12.1 Å². The molecule has 0 unspecified atom stereocenters. The van der Waals surface area contributed by atoms with E-state index in [0.717, 1.165) is 19.4 Å². The van der Waals surface area contributed by atoms with Crippen molar-refractivity contribution < 1.29 is 19.1 Å². The molecule has 1 aromatic rings. The molecule has 0 bridgehead atoms. The molecule has 1 aromatic carbocycles. The van der Waals surface area contributed by atoms with Crippen LogP contribution in [-0.4, -0.2) is 66.7 Å². The lowest BCUT2D eigenvalue weighted by Crippen LogP contribution is -2.52. The van der Waals surface area contributed by atoms with Crippen LogP contribution in [0.2, 0.25) is 0 Å². The van der Waals surface area contributed by atoms with Crippen molar-refractivity contribution >= 4 is 11.9 Å². The highest BCUT2D eigenvalue weighted by Crippen LogP contribution is 2.31. The molecule has 0 aromatic heterocycles. The average molecular weight is 331 g/mol. The predicted octanol–water partition coefficient (Wildman–Crippen LogP) is 0.843. The first-order chi connectivity index (χ1) is 11.7. The van der Waals surface area contributed by atoms with Crippen molar-refractivity contribution in [1.82, 2.24) is 15.1 Å². The van der Waals surface area contributed by atoms with Crippen LogP contribution in [0.25, 0.3) is 0 Å². The highest BCUT2D eigenvalue weighted by molar-refractivity contribution is 5.82. The van der Waals surface area contributed by atoms with Crippen LogP contribution in [0.1, 0.15) is 12.8 Å². The van der Waals surface area contributed by atoms with Gasteiger partial charge in [0, 0.05) is 32.2 Å². The molecule has 3 amide bonds. The number of rotatable bonds is 2. The summed E-state index contributed by atoms with van der Waals surface area (Å²) in [6.45, 7) is 3.01. The SMILES string of the molecule is O=C([C@H]1COc2ccccc2O1)N1CCC(N2CCNC2=O)CC1. The van der Waals surface area contributed by atoms with Crippen LogP contribution in [0, 0.1) is 0 Å². The second-order valence-corrected chi connectivity index (χ2v) is 6.35. The van der Waals surface area contributed by atoms with E-state index in [1.807, 2.05) is 34.1 Å². The maximum atomic E-state index is 12.7. The zero-order chi connectivity index (χ0) is 16.5. The number of nitrogens with zero attached hydrogens (tertiary/aromatic N) is 2. The van der Waals surface area contributed by atoms with E-state index in [1.54, 1.807) is 0 Å². The van der Waals surface area contributed by atoms with Crippen LogP contribution in [0.4, 0.5) is 4.79 Å². The number of amides is 3. The van der Waals surface area contributed by atoms with Crippen molar-refractivity contribution in [2.24, 2.45) is 0 Å². The third-order valence-electron chi connectivity index (χ3n) is 4.89. The summed E-state index contributed by atoms with van der Waals surface area (Å²) in [6.07, 6.45) is 1.03. The standard InChI is InChI=1S/C17H21N3O4/c21-16(15-11-23-13-3-1-2-4-14(13)24-15)19-8-5-12(6-9-19)20-10-7-18-17(20)22/h1-4,12,15H,5-11H2,(H,18,22)/t15-/m1/s1. The first kappa shape index (κ1) is 15.1. The molecule has 2 saturated heterocycles. The molecule has 7 heteroatoms. The number of piperidine rings is 1. The van der Waals surface area contributed by atoms with Gasteiger partial charge in [-0.25, -0.2) is 4.79 Å². The van der Waals surface area contributed by atoms with Crippen LogP contribution >= 0.6 is 0 Å². The molecule has 1 atom stereocenters. The van der Waals surface area contributed by atoms with Gasteiger partial charge >= 0.3 is 6.03 Å². The number of hydrogen-bond acceptors (Lipinski definition) is 4. The number of para-hydroxylation sites is 2. The Labute approximate surface area is 140 Å². The second-order valence-electron chi connectivity index (χ2n) is 6.35. The Morgan fingerprint density at radius 1 is 1.12 bits per heavy atom. The van der Waals surface area contributed by atoms with Gasteiger partial charge in [-0.05, 0) is 25.0 Å². The van der Waals surface area contributed by atoms with Gasteiger partial charge in [-0.2, -0.15) is 0 Å². The number of fused-ring (bicyclic) bond motifs is 1. The molecular formula is C17H21N3O4. The second kappa shape index (κ2) is 6.22. The lowest BCUT2D eigenvalue weighted by atomic mass is 10.0. The van der Waals surface area contributed by atoms with E-state index in [-0.39, 0.29) is 24.6 Å². The number of nitrogens with one attached hydrogen (secondary N) is 1. The number of hydrogen-bond donors (Lipinski definition) is 1. The third kappa shape index (κ3) is 2.74. The molecule has 7 nitrogen and oxygen atoms in total. The summed E-state index contributed by atoms with van der Waals surface area (Å²) in [5, 5.41) is 2.83. The van der Waals surface area contributed by atoms with E-state index in [4.69, 9.17) is 9.47 Å². The van der Waals surface area contributed by atoms with Crippen molar-refractivity contribution in [3.63, 3.8) is 0 Å². The predicted molar refractivity (Wildman–Crippen MR) is 86.1 cm³/mol. The van der Waals surface area contributed by atoms with E-state index in [1.165, 1.54) is 0 Å². The molecule has 1 N–H and O–H groups in total. The fourth-order valence-electron chi connectivity index (χ4n) is 3.58. The maximum Gasteiger partial charge on any atom is 0.317 e. The molecule has 2 fully saturated rings. The van der Waals surface area contributed by atoms with Crippen molar-refractivity contribution in [1.29, 1.82) is 0 Å². The van der Waals surface area contributed by atoms with Gasteiger partial charge in [0.25, 0.3) is 5.91 Å². The lowest BCUT2D eigenvalue weighted by molar-refractivity contribution is -0.142. The minimum atomic E-state index is -0.591. The van der Waals surface area contributed by atoms with Crippen LogP contribution < -0.4 is 14.8 Å². The zero-order valence-corrected chi connectivity index (χ0v) is 13.4. The summed E-state index contributed by atoms with van der Waals surface area (Å²) in [6, 6.07) is 7.63. The quantitative estimate of drug-likeness (QED) is 0.872. The smallest absolute Gasteiger partial charge is 0.317 e. The molecule has 0 aliphatic carbocycles. The van der Waals surface area contributed by atoms with E-state index in [9.17, 15) is 9.59 Å². The Hall–Kier alpha value is -2.44. The minimum Gasteiger partial charge on any atom is -0.485 e. The van der Waals surface area contributed by atoms with Crippen molar-refractivity contribution in [3.8, 4) is 11.5 Å². The minimum absolute atomic E-state index is 0.0143. The van der Waals surface area contributed by atoms with Gasteiger partial charge in [0.05, 0.1) is 0 Å². The lowest BCUT2D eigenvalue weighted by Gasteiger charge is -2.38. The topological polar surface area (TPSA) is 71.1 Å². The molecule has 0 saturated carbocycles. The summed E-state index contributed by atoms with van der Waals surface area (Å²) in [7, 11) is 0. The molecule has 3 aliphatic heterocycles. The van der Waals surface area contributed by atoms with Crippen molar-refractivity contribution in [2.45, 2.75) is 25.0 Å². The molecule has 0 spiro atoms. The Morgan fingerprint density at radius 2 is 1.88 bits per heavy atom. The van der Waals surface area contributed by atoms with Crippen LogP contribution in [-0.2, 0) is 4.79 Å². The largest absolute Gasteiger partial charge is 0.485 e. The van der Waals surface area contributed by atoms with E-state index in [0.29, 0.717) is 31.1 Å².